The van der Waals surface area contributed by atoms with Crippen molar-refractivity contribution in [3.63, 3.8) is 0 Å². The Balaban J connectivity index is 1.81. The van der Waals surface area contributed by atoms with E-state index in [1.165, 1.54) is 12.1 Å². The fourth-order valence-corrected chi connectivity index (χ4v) is 7.04. The van der Waals surface area contributed by atoms with Crippen molar-refractivity contribution < 1.29 is 53.8 Å². The largest absolute Gasteiger partial charge is 0.508 e. The van der Waals surface area contributed by atoms with Gasteiger partial charge in [0.2, 0.25) is 5.91 Å². The Hall–Kier alpha value is -4.33. The molecule has 1 heterocycles. The summed E-state index contributed by atoms with van der Waals surface area (Å²) in [6.07, 6.45) is 36.2. The topological polar surface area (TPSA) is 181 Å². The van der Waals surface area contributed by atoms with E-state index in [4.69, 9.17) is 18.9 Å². The standard InChI is InChI=1S/C54H83NO11/c1-3-5-7-9-11-13-15-17-19-21-23-25-27-29-31-33-49(58)63-42-46(65-50(59)34-32-30-28-26-24-22-20-18-16-14-12-10-8-6-4-2)43-64-54-53(62)52(61)51(60)47(66-54)41-55-48(57)40-37-44-35-38-45(56)39-36-44/h5-8,11-14,17-20,35-36,38-39,46-47,51-54,56,60-62H,3-4,9-10,15-16,21-34,37,40-43H2,1-2H3,(H,55,57). The number of carbonyl (C=O) groups excluding carboxylic acids is 3. The normalized spacial score (nSPS) is 19.6. The summed E-state index contributed by atoms with van der Waals surface area (Å²) < 4.78 is 22.8. The lowest BCUT2D eigenvalue weighted by Crippen LogP contribution is -2.60. The van der Waals surface area contributed by atoms with Crippen LogP contribution in [0.4, 0.5) is 0 Å². The van der Waals surface area contributed by atoms with E-state index in [-0.39, 0.29) is 50.7 Å². The summed E-state index contributed by atoms with van der Waals surface area (Å²) in [7, 11) is 0. The van der Waals surface area contributed by atoms with Gasteiger partial charge in [-0.2, -0.15) is 0 Å². The zero-order valence-electron chi connectivity index (χ0n) is 40.0. The number of aliphatic hydroxyl groups is 3. The van der Waals surface area contributed by atoms with Gasteiger partial charge < -0.3 is 44.7 Å². The molecular formula is C54H83NO11. The quantitative estimate of drug-likeness (QED) is 0.0244. The third kappa shape index (κ3) is 29.3. The average Bonchev–Trinajstić information content (AvgIpc) is 3.31. The number of phenols is 1. The predicted octanol–water partition coefficient (Wildman–Crippen LogP) is 9.90. The Morgan fingerprint density at radius 2 is 1.11 bits per heavy atom. The van der Waals surface area contributed by atoms with Gasteiger partial charge in [0.15, 0.2) is 12.4 Å². The molecule has 66 heavy (non-hydrogen) atoms. The van der Waals surface area contributed by atoms with Gasteiger partial charge >= 0.3 is 11.9 Å². The highest BCUT2D eigenvalue weighted by Crippen LogP contribution is 2.23. The zero-order valence-corrected chi connectivity index (χ0v) is 40.0. The van der Waals surface area contributed by atoms with Crippen LogP contribution < -0.4 is 5.32 Å². The number of benzene rings is 1. The molecule has 1 fully saturated rings. The predicted molar refractivity (Wildman–Crippen MR) is 261 cm³/mol. The molecule has 12 nitrogen and oxygen atoms in total. The second-order valence-electron chi connectivity index (χ2n) is 16.8. The number of aromatic hydroxyl groups is 1. The summed E-state index contributed by atoms with van der Waals surface area (Å²) in [5, 5.41) is 44.2. The number of allylic oxidation sites excluding steroid dienone is 12. The van der Waals surface area contributed by atoms with Gasteiger partial charge in [-0.3, -0.25) is 14.4 Å². The van der Waals surface area contributed by atoms with Gasteiger partial charge in [0.05, 0.1) is 6.61 Å². The van der Waals surface area contributed by atoms with Crippen LogP contribution in [-0.4, -0.2) is 94.8 Å². The Morgan fingerprint density at radius 1 is 0.606 bits per heavy atom. The number of rotatable bonds is 37. The maximum absolute atomic E-state index is 13.0. The first-order valence-electron chi connectivity index (χ1n) is 24.7. The molecule has 0 bridgehead atoms. The van der Waals surface area contributed by atoms with Crippen LogP contribution >= 0.6 is 0 Å². The number of carbonyl (C=O) groups is 3. The maximum atomic E-state index is 13.0. The van der Waals surface area contributed by atoms with Gasteiger partial charge in [-0.05, 0) is 101 Å². The fraction of sp³-hybridized carbons (Fsp3) is 0.611. The monoisotopic (exact) mass is 922 g/mol. The maximum Gasteiger partial charge on any atom is 0.306 e. The molecule has 6 atom stereocenters. The Kier molecular flexibility index (Phi) is 33.9. The van der Waals surface area contributed by atoms with Crippen molar-refractivity contribution in [3.8, 4) is 5.75 Å². The molecule has 0 saturated carbocycles. The van der Waals surface area contributed by atoms with Crippen LogP contribution in [0, 0.1) is 0 Å². The summed E-state index contributed by atoms with van der Waals surface area (Å²) in [6, 6.07) is 6.51. The number of amides is 1. The minimum Gasteiger partial charge on any atom is -0.508 e. The number of ether oxygens (including phenoxy) is 4. The lowest BCUT2D eigenvalue weighted by Gasteiger charge is -2.40. The number of hydrogen-bond acceptors (Lipinski definition) is 11. The van der Waals surface area contributed by atoms with E-state index in [9.17, 15) is 34.8 Å². The van der Waals surface area contributed by atoms with E-state index < -0.39 is 48.7 Å². The summed E-state index contributed by atoms with van der Waals surface area (Å²) in [5.41, 5.74) is 0.856. The third-order valence-electron chi connectivity index (χ3n) is 11.0. The van der Waals surface area contributed by atoms with E-state index in [1.54, 1.807) is 12.1 Å². The summed E-state index contributed by atoms with van der Waals surface area (Å²) in [4.78, 5) is 38.3. The highest BCUT2D eigenvalue weighted by molar-refractivity contribution is 5.76. The number of nitrogens with one attached hydrogen (secondary N) is 1. The van der Waals surface area contributed by atoms with Crippen molar-refractivity contribution in [2.75, 3.05) is 19.8 Å². The number of aryl methyl sites for hydroxylation is 1. The van der Waals surface area contributed by atoms with Crippen molar-refractivity contribution in [1.29, 1.82) is 0 Å². The SMILES string of the molecule is CCC=CCC=CCC=CCCCCCCCC(=O)OCC(COC1OC(CNC(=O)CCc2ccc(O)cc2)C(O)C(O)C1O)OC(=O)CCCCCCCC=CCC=CCC=CCC. The number of unbranched alkanes of at least 4 members (excludes halogenated alkanes) is 10. The first kappa shape index (κ1) is 57.8. The average molecular weight is 922 g/mol. The molecule has 2 rings (SSSR count). The van der Waals surface area contributed by atoms with Crippen LogP contribution in [0.1, 0.15) is 154 Å². The van der Waals surface area contributed by atoms with Crippen LogP contribution in [0.3, 0.4) is 0 Å². The Bertz CT molecular complexity index is 1600. The van der Waals surface area contributed by atoms with Gasteiger partial charge in [0, 0.05) is 25.8 Å². The van der Waals surface area contributed by atoms with E-state index in [0.29, 0.717) is 19.3 Å². The number of esters is 2. The van der Waals surface area contributed by atoms with Crippen LogP contribution in [0.5, 0.6) is 5.75 Å². The van der Waals surface area contributed by atoms with Gasteiger partial charge in [-0.15, -0.1) is 0 Å². The van der Waals surface area contributed by atoms with Crippen molar-refractivity contribution in [1.82, 2.24) is 5.32 Å². The molecule has 1 aliphatic rings. The highest BCUT2D eigenvalue weighted by Gasteiger charge is 2.44. The lowest BCUT2D eigenvalue weighted by atomic mass is 9.98. The smallest absolute Gasteiger partial charge is 0.306 e. The van der Waals surface area contributed by atoms with E-state index in [0.717, 1.165) is 108 Å². The molecule has 370 valence electrons. The number of aliphatic hydroxyl groups excluding tert-OH is 3. The van der Waals surface area contributed by atoms with Crippen molar-refractivity contribution >= 4 is 17.8 Å². The molecule has 0 radical (unpaired) electrons. The van der Waals surface area contributed by atoms with E-state index >= 15 is 0 Å². The summed E-state index contributed by atoms with van der Waals surface area (Å²) in [5.74, 6) is -1.09. The second-order valence-corrected chi connectivity index (χ2v) is 16.8. The molecule has 0 spiro atoms. The highest BCUT2D eigenvalue weighted by atomic mass is 16.7. The molecule has 12 heteroatoms. The molecule has 0 aromatic heterocycles. The minimum atomic E-state index is -1.65. The summed E-state index contributed by atoms with van der Waals surface area (Å²) in [6.45, 7) is 3.49. The molecule has 1 amide bonds. The third-order valence-corrected chi connectivity index (χ3v) is 11.0. The van der Waals surface area contributed by atoms with Crippen LogP contribution in [-0.2, 0) is 39.8 Å². The molecule has 1 aliphatic heterocycles. The van der Waals surface area contributed by atoms with Gasteiger partial charge in [-0.1, -0.05) is 137 Å². The van der Waals surface area contributed by atoms with Crippen molar-refractivity contribution in [2.24, 2.45) is 0 Å². The second kappa shape index (κ2) is 38.7. The van der Waals surface area contributed by atoms with E-state index in [1.807, 2.05) is 0 Å². The van der Waals surface area contributed by atoms with Gasteiger partial charge in [-0.25, -0.2) is 0 Å². The number of hydrogen-bond donors (Lipinski definition) is 5. The molecule has 5 N–H and O–H groups in total. The fourth-order valence-electron chi connectivity index (χ4n) is 7.04. The van der Waals surface area contributed by atoms with Crippen LogP contribution in [0.15, 0.2) is 97.2 Å². The van der Waals surface area contributed by atoms with Gasteiger partial charge in [0.25, 0.3) is 0 Å². The molecular weight excluding hydrogens is 839 g/mol. The zero-order chi connectivity index (χ0) is 47.9. The molecule has 1 aromatic rings. The van der Waals surface area contributed by atoms with Crippen molar-refractivity contribution in [3.05, 3.63) is 103 Å². The van der Waals surface area contributed by atoms with Crippen molar-refractivity contribution in [2.45, 2.75) is 192 Å². The molecule has 6 unspecified atom stereocenters. The summed E-state index contributed by atoms with van der Waals surface area (Å²) >= 11 is 0. The number of phenolic OH excluding ortho intramolecular Hbond substituents is 1. The van der Waals surface area contributed by atoms with E-state index in [2.05, 4.69) is 92.1 Å². The van der Waals surface area contributed by atoms with Gasteiger partial charge in [0.1, 0.15) is 36.8 Å². The molecule has 1 aromatic carbocycles. The molecule has 0 aliphatic carbocycles. The Morgan fingerprint density at radius 3 is 1.67 bits per heavy atom. The van der Waals surface area contributed by atoms with Crippen LogP contribution in [0.2, 0.25) is 0 Å². The Labute approximate surface area is 395 Å². The molecule has 1 saturated heterocycles. The lowest BCUT2D eigenvalue weighted by molar-refractivity contribution is -0.299. The minimum absolute atomic E-state index is 0.128. The first-order chi connectivity index (χ1) is 32.1. The van der Waals surface area contributed by atoms with Crippen LogP contribution in [0.25, 0.3) is 0 Å². The first-order valence-corrected chi connectivity index (χ1v) is 24.7.